The zero-order chi connectivity index (χ0) is 18.9. The minimum absolute atomic E-state index is 0.109. The number of aromatic amines is 1. The van der Waals surface area contributed by atoms with Gasteiger partial charge < -0.3 is 19.0 Å². The van der Waals surface area contributed by atoms with Crippen LogP contribution in [0.1, 0.15) is 5.69 Å². The highest BCUT2D eigenvalue weighted by Gasteiger charge is 2.24. The van der Waals surface area contributed by atoms with Gasteiger partial charge in [0.25, 0.3) is 0 Å². The molecule has 1 aliphatic heterocycles. The van der Waals surface area contributed by atoms with E-state index in [9.17, 15) is 0 Å². The topological polar surface area (TPSA) is 65.0 Å². The Bertz CT molecular complexity index is 1100. The zero-order valence-electron chi connectivity index (χ0n) is 15.5. The van der Waals surface area contributed by atoms with Crippen molar-refractivity contribution in [2.24, 2.45) is 0 Å². The molecule has 6 nitrogen and oxygen atoms in total. The Morgan fingerprint density at radius 1 is 1.04 bits per heavy atom. The number of imidazole rings is 2. The molecule has 140 valence electrons. The first kappa shape index (κ1) is 16.6. The molecule has 1 atom stereocenters. The van der Waals surface area contributed by atoms with Gasteiger partial charge in [-0.2, -0.15) is 0 Å². The third-order valence-corrected chi connectivity index (χ3v) is 4.78. The van der Waals surface area contributed by atoms with Gasteiger partial charge in [-0.25, -0.2) is 9.97 Å². The van der Waals surface area contributed by atoms with E-state index in [1.54, 1.807) is 0 Å². The van der Waals surface area contributed by atoms with Gasteiger partial charge in [0.1, 0.15) is 12.3 Å². The molecule has 4 aromatic rings. The number of benzene rings is 2. The van der Waals surface area contributed by atoms with Crippen molar-refractivity contribution < 1.29 is 9.47 Å². The van der Waals surface area contributed by atoms with Crippen LogP contribution >= 0.6 is 0 Å². The van der Waals surface area contributed by atoms with Crippen molar-refractivity contribution in [2.75, 3.05) is 6.61 Å². The molecule has 6 heteroatoms. The Labute approximate surface area is 162 Å². The van der Waals surface area contributed by atoms with Gasteiger partial charge >= 0.3 is 0 Å². The van der Waals surface area contributed by atoms with Crippen LogP contribution in [0.15, 0.2) is 67.1 Å². The first-order valence-electron chi connectivity index (χ1n) is 9.29. The lowest BCUT2D eigenvalue weighted by Gasteiger charge is -2.27. The molecule has 0 bridgehead atoms. The molecule has 0 radical (unpaired) electrons. The molecule has 0 spiro atoms. The highest BCUT2D eigenvalue weighted by Crippen LogP contribution is 2.33. The van der Waals surface area contributed by atoms with Crippen LogP contribution in [0, 0.1) is 6.92 Å². The summed E-state index contributed by atoms with van der Waals surface area (Å²) in [4.78, 5) is 12.6. The molecule has 0 saturated heterocycles. The maximum absolute atomic E-state index is 6.14. The molecule has 3 heterocycles. The zero-order valence-corrected chi connectivity index (χ0v) is 15.5. The number of nitrogens with one attached hydrogen (secondary N) is 1. The molecule has 2 aromatic heterocycles. The Balaban J connectivity index is 1.51. The fraction of sp³-hybridized carbons (Fsp3) is 0.182. The monoisotopic (exact) mass is 372 g/mol. The number of H-pyrrole nitrogens is 1. The predicted molar refractivity (Wildman–Crippen MR) is 106 cm³/mol. The number of fused-ring (bicyclic) bond motifs is 1. The van der Waals surface area contributed by atoms with Crippen LogP contribution in [0.4, 0.5) is 0 Å². The van der Waals surface area contributed by atoms with Crippen LogP contribution in [0.3, 0.4) is 0 Å². The Kier molecular flexibility index (Phi) is 4.09. The summed E-state index contributed by atoms with van der Waals surface area (Å²) in [5.74, 6) is 2.36. The van der Waals surface area contributed by atoms with Crippen molar-refractivity contribution in [1.82, 2.24) is 19.5 Å². The second kappa shape index (κ2) is 6.88. The highest BCUT2D eigenvalue weighted by atomic mass is 16.6. The summed E-state index contributed by atoms with van der Waals surface area (Å²) in [7, 11) is 0. The maximum atomic E-state index is 6.14. The van der Waals surface area contributed by atoms with Crippen molar-refractivity contribution in [3.8, 4) is 34.3 Å². The number of nitrogens with zero attached hydrogens (tertiary/aromatic N) is 3. The summed E-state index contributed by atoms with van der Waals surface area (Å²) >= 11 is 0. The molecule has 1 N–H and O–H groups in total. The van der Waals surface area contributed by atoms with E-state index in [2.05, 4.69) is 31.7 Å². The second-order valence-corrected chi connectivity index (χ2v) is 6.87. The molecule has 0 fully saturated rings. The molecule has 0 saturated carbocycles. The van der Waals surface area contributed by atoms with Gasteiger partial charge in [-0.15, -0.1) is 0 Å². The molecule has 0 amide bonds. The summed E-state index contributed by atoms with van der Waals surface area (Å²) in [5, 5.41) is 0. The van der Waals surface area contributed by atoms with E-state index in [1.807, 2.05) is 61.9 Å². The smallest absolute Gasteiger partial charge is 0.161 e. The summed E-state index contributed by atoms with van der Waals surface area (Å²) in [6.07, 6.45) is 3.57. The average Bonchev–Trinajstić information content (AvgIpc) is 3.34. The molecular formula is C22H20N4O2. The largest absolute Gasteiger partial charge is 0.486 e. The van der Waals surface area contributed by atoms with E-state index in [-0.39, 0.29) is 6.10 Å². The quantitative estimate of drug-likeness (QED) is 0.586. The Hall–Kier alpha value is -3.54. The Morgan fingerprint density at radius 2 is 1.82 bits per heavy atom. The number of aromatic nitrogens is 4. The molecule has 5 rings (SSSR count). The molecule has 2 aromatic carbocycles. The number of ether oxygens (including phenoxy) is 2. The number of hydrogen-bond donors (Lipinski definition) is 1. The van der Waals surface area contributed by atoms with Crippen LogP contribution in [-0.2, 0) is 6.54 Å². The number of aryl methyl sites for hydroxylation is 1. The fourth-order valence-corrected chi connectivity index (χ4v) is 3.48. The van der Waals surface area contributed by atoms with Gasteiger partial charge in [0.15, 0.2) is 23.4 Å². The van der Waals surface area contributed by atoms with Crippen molar-refractivity contribution in [2.45, 2.75) is 19.6 Å². The van der Waals surface area contributed by atoms with Crippen LogP contribution in [0.5, 0.6) is 11.5 Å². The van der Waals surface area contributed by atoms with Crippen LogP contribution in [-0.4, -0.2) is 32.2 Å². The van der Waals surface area contributed by atoms with E-state index in [0.717, 1.165) is 40.0 Å². The number of hydrogen-bond acceptors (Lipinski definition) is 4. The van der Waals surface area contributed by atoms with Gasteiger partial charge in [-0.05, 0) is 19.1 Å². The number of rotatable bonds is 4. The van der Waals surface area contributed by atoms with Crippen molar-refractivity contribution in [3.63, 3.8) is 0 Å². The maximum Gasteiger partial charge on any atom is 0.161 e. The van der Waals surface area contributed by atoms with Crippen molar-refractivity contribution >= 4 is 0 Å². The third kappa shape index (κ3) is 3.03. The average molecular weight is 372 g/mol. The lowest BCUT2D eigenvalue weighted by Crippen LogP contribution is -2.33. The van der Waals surface area contributed by atoms with Crippen LogP contribution < -0.4 is 9.47 Å². The fourth-order valence-electron chi connectivity index (χ4n) is 3.48. The van der Waals surface area contributed by atoms with E-state index in [1.165, 1.54) is 0 Å². The third-order valence-electron chi connectivity index (χ3n) is 4.78. The van der Waals surface area contributed by atoms with E-state index < -0.39 is 0 Å². The van der Waals surface area contributed by atoms with Gasteiger partial charge in [0.2, 0.25) is 0 Å². The molecule has 0 aliphatic carbocycles. The number of para-hydroxylation sites is 2. The van der Waals surface area contributed by atoms with Crippen molar-refractivity contribution in [1.29, 1.82) is 0 Å². The van der Waals surface area contributed by atoms with Crippen LogP contribution in [0.2, 0.25) is 0 Å². The molecular weight excluding hydrogens is 352 g/mol. The SMILES string of the molecule is Cc1cnc(-c2c(-c3ccccc3)ncn2CC2COc3ccccc3O2)[nH]1. The van der Waals surface area contributed by atoms with Crippen molar-refractivity contribution in [3.05, 3.63) is 72.8 Å². The summed E-state index contributed by atoms with van der Waals surface area (Å²) in [6.45, 7) is 3.10. The second-order valence-electron chi connectivity index (χ2n) is 6.87. The van der Waals surface area contributed by atoms with E-state index in [0.29, 0.717) is 13.2 Å². The van der Waals surface area contributed by atoms with Gasteiger partial charge in [0.05, 0.1) is 18.6 Å². The molecule has 1 unspecified atom stereocenters. The first-order chi connectivity index (χ1) is 13.8. The summed E-state index contributed by atoms with van der Waals surface area (Å²) in [5.41, 5.74) is 3.90. The summed E-state index contributed by atoms with van der Waals surface area (Å²) < 4.78 is 14.1. The minimum atomic E-state index is -0.109. The van der Waals surface area contributed by atoms with Gasteiger partial charge in [0, 0.05) is 17.5 Å². The standard InChI is InChI=1S/C22H20N4O2/c1-15-11-23-22(25-15)21-20(16-7-3-2-4-8-16)24-14-26(21)12-17-13-27-18-9-5-6-10-19(18)28-17/h2-11,14,17H,12-13H2,1H3,(H,23,25). The van der Waals surface area contributed by atoms with Crippen LogP contribution in [0.25, 0.3) is 22.8 Å². The normalized spacial score (nSPS) is 15.5. The van der Waals surface area contributed by atoms with E-state index in [4.69, 9.17) is 9.47 Å². The van der Waals surface area contributed by atoms with Gasteiger partial charge in [-0.1, -0.05) is 42.5 Å². The first-order valence-corrected chi connectivity index (χ1v) is 9.29. The Morgan fingerprint density at radius 3 is 2.61 bits per heavy atom. The lowest BCUT2D eigenvalue weighted by atomic mass is 10.1. The lowest BCUT2D eigenvalue weighted by molar-refractivity contribution is 0.0788. The van der Waals surface area contributed by atoms with E-state index >= 15 is 0 Å². The highest BCUT2D eigenvalue weighted by molar-refractivity contribution is 5.75. The molecule has 28 heavy (non-hydrogen) atoms. The predicted octanol–water partition coefficient (Wildman–Crippen LogP) is 4.09. The molecule has 1 aliphatic rings. The summed E-state index contributed by atoms with van der Waals surface area (Å²) in [6, 6.07) is 17.9. The minimum Gasteiger partial charge on any atom is -0.486 e. The van der Waals surface area contributed by atoms with Gasteiger partial charge in [-0.3, -0.25) is 0 Å².